The Kier molecular flexibility index (Phi) is 3.59. The molecule has 0 amide bonds. The van der Waals surface area contributed by atoms with Gasteiger partial charge in [-0.25, -0.2) is 4.98 Å². The Bertz CT molecular complexity index is 773. The van der Waals surface area contributed by atoms with Crippen molar-refractivity contribution in [2.45, 2.75) is 45.8 Å². The second-order valence-corrected chi connectivity index (χ2v) is 6.82. The average Bonchev–Trinajstić information content (AvgIpc) is 2.99. The topological polar surface area (TPSA) is 60.1 Å². The largest absolute Gasteiger partial charge is 0.496 e. The van der Waals surface area contributed by atoms with Crippen LogP contribution >= 0.6 is 0 Å². The third kappa shape index (κ3) is 2.56. The Labute approximate surface area is 137 Å². The van der Waals surface area contributed by atoms with Crippen molar-refractivity contribution >= 4 is 12.6 Å². The van der Waals surface area contributed by atoms with Gasteiger partial charge in [0.2, 0.25) is 0 Å². The Balaban J connectivity index is 2.00. The molecule has 1 aromatic heterocycles. The van der Waals surface area contributed by atoms with Crippen LogP contribution in [0.15, 0.2) is 30.6 Å². The van der Waals surface area contributed by atoms with E-state index in [-0.39, 0.29) is 0 Å². The van der Waals surface area contributed by atoms with Crippen molar-refractivity contribution in [2.24, 2.45) is 0 Å². The first-order valence-electron chi connectivity index (χ1n) is 7.65. The van der Waals surface area contributed by atoms with Gasteiger partial charge in [-0.2, -0.15) is 5.26 Å². The van der Waals surface area contributed by atoms with Crippen LogP contribution in [0.25, 0.3) is 5.69 Å². The summed E-state index contributed by atoms with van der Waals surface area (Å²) in [5, 5.41) is 9.54. The van der Waals surface area contributed by atoms with Crippen LogP contribution in [-0.4, -0.2) is 27.9 Å². The summed E-state index contributed by atoms with van der Waals surface area (Å²) >= 11 is 0. The monoisotopic (exact) mass is 309 g/mol. The fourth-order valence-corrected chi connectivity index (χ4v) is 2.62. The molecule has 118 valence electrons. The smallest absolute Gasteiger partial charge is 0.399 e. The van der Waals surface area contributed by atoms with Gasteiger partial charge in [0.05, 0.1) is 22.8 Å². The van der Waals surface area contributed by atoms with Gasteiger partial charge in [0.1, 0.15) is 5.82 Å². The van der Waals surface area contributed by atoms with E-state index < -0.39 is 18.3 Å². The lowest BCUT2D eigenvalue weighted by atomic mass is 9.76. The molecule has 0 spiro atoms. The van der Waals surface area contributed by atoms with Crippen LogP contribution in [-0.2, 0) is 9.31 Å². The molecule has 0 saturated carbocycles. The Morgan fingerprint density at radius 1 is 1.17 bits per heavy atom. The molecule has 6 heteroatoms. The molecule has 0 aliphatic carbocycles. The molecule has 1 saturated heterocycles. The van der Waals surface area contributed by atoms with Crippen LogP contribution in [0.1, 0.15) is 39.1 Å². The van der Waals surface area contributed by atoms with E-state index in [9.17, 15) is 5.26 Å². The first-order chi connectivity index (χ1) is 10.7. The number of hydrogen-bond donors (Lipinski definition) is 0. The van der Waals surface area contributed by atoms with E-state index in [4.69, 9.17) is 9.31 Å². The number of benzene rings is 1. The summed E-state index contributed by atoms with van der Waals surface area (Å²) in [6.45, 7) is 9.93. The lowest BCUT2D eigenvalue weighted by Gasteiger charge is -2.32. The van der Waals surface area contributed by atoms with Crippen molar-refractivity contribution in [3.05, 3.63) is 42.0 Å². The molecule has 3 rings (SSSR count). The van der Waals surface area contributed by atoms with Crippen molar-refractivity contribution < 1.29 is 9.31 Å². The lowest BCUT2D eigenvalue weighted by molar-refractivity contribution is 0.00578. The second kappa shape index (κ2) is 5.22. The third-order valence-electron chi connectivity index (χ3n) is 4.77. The number of rotatable bonds is 2. The molecule has 1 aliphatic rings. The van der Waals surface area contributed by atoms with Crippen LogP contribution in [0, 0.1) is 18.3 Å². The summed E-state index contributed by atoms with van der Waals surface area (Å²) < 4.78 is 14.0. The second-order valence-electron chi connectivity index (χ2n) is 6.82. The first kappa shape index (κ1) is 15.8. The molecule has 0 radical (unpaired) electrons. The van der Waals surface area contributed by atoms with Crippen LogP contribution < -0.4 is 5.46 Å². The van der Waals surface area contributed by atoms with Gasteiger partial charge in [-0.15, -0.1) is 0 Å². The van der Waals surface area contributed by atoms with Crippen LogP contribution in [0.3, 0.4) is 0 Å². The Hall–Kier alpha value is -2.10. The summed E-state index contributed by atoms with van der Waals surface area (Å²) in [6.07, 6.45) is 3.61. The molecule has 0 unspecified atom stereocenters. The highest BCUT2D eigenvalue weighted by Crippen LogP contribution is 2.36. The van der Waals surface area contributed by atoms with Crippen LogP contribution in [0.2, 0.25) is 0 Å². The zero-order valence-corrected chi connectivity index (χ0v) is 14.1. The predicted molar refractivity (Wildman–Crippen MR) is 88.7 cm³/mol. The zero-order chi connectivity index (χ0) is 16.8. The van der Waals surface area contributed by atoms with Crippen molar-refractivity contribution in [3.63, 3.8) is 0 Å². The average molecular weight is 309 g/mol. The summed E-state index contributed by atoms with van der Waals surface area (Å²) in [4.78, 5) is 4.22. The van der Waals surface area contributed by atoms with Crippen molar-refractivity contribution in [1.82, 2.24) is 9.55 Å². The van der Waals surface area contributed by atoms with Crippen molar-refractivity contribution in [3.8, 4) is 11.8 Å². The number of nitrogens with zero attached hydrogens (tertiary/aromatic N) is 3. The van der Waals surface area contributed by atoms with Gasteiger partial charge in [-0.1, -0.05) is 6.07 Å². The Morgan fingerprint density at radius 3 is 2.35 bits per heavy atom. The molecule has 2 aromatic rings. The first-order valence-corrected chi connectivity index (χ1v) is 7.65. The molecule has 5 nitrogen and oxygen atoms in total. The molecule has 1 fully saturated rings. The van der Waals surface area contributed by atoms with Gasteiger partial charge in [-0.05, 0) is 46.8 Å². The lowest BCUT2D eigenvalue weighted by Crippen LogP contribution is -2.41. The number of hydrogen-bond acceptors (Lipinski definition) is 4. The standard InChI is InChI=1S/C17H20BN3O2/c1-12-20-8-9-21(12)14-6-7-15(13(10-14)11-19)18-22-16(2,3)17(4,5)23-18/h6-10H,1-5H3. The van der Waals surface area contributed by atoms with Crippen LogP contribution in [0.4, 0.5) is 0 Å². The van der Waals surface area contributed by atoms with E-state index in [0.717, 1.165) is 17.0 Å². The molecule has 23 heavy (non-hydrogen) atoms. The summed E-state index contributed by atoms with van der Waals surface area (Å²) in [5.74, 6) is 0.872. The minimum Gasteiger partial charge on any atom is -0.399 e. The van der Waals surface area contributed by atoms with Gasteiger partial charge < -0.3 is 13.9 Å². The zero-order valence-electron chi connectivity index (χ0n) is 14.1. The maximum atomic E-state index is 9.54. The third-order valence-corrected chi connectivity index (χ3v) is 4.77. The number of imidazole rings is 1. The van der Waals surface area contributed by atoms with Crippen LogP contribution in [0.5, 0.6) is 0 Å². The minimum atomic E-state index is -0.535. The van der Waals surface area contributed by atoms with Crippen molar-refractivity contribution in [1.29, 1.82) is 5.26 Å². The van der Waals surface area contributed by atoms with E-state index in [1.54, 1.807) is 6.20 Å². The highest BCUT2D eigenvalue weighted by atomic mass is 16.7. The maximum Gasteiger partial charge on any atom is 0.496 e. The van der Waals surface area contributed by atoms with Crippen molar-refractivity contribution in [2.75, 3.05) is 0 Å². The van der Waals surface area contributed by atoms with E-state index in [1.807, 2.05) is 63.6 Å². The molecule has 1 aliphatic heterocycles. The van der Waals surface area contributed by atoms with Gasteiger partial charge >= 0.3 is 7.12 Å². The maximum absolute atomic E-state index is 9.54. The van der Waals surface area contributed by atoms with Gasteiger partial charge in [0, 0.05) is 23.5 Å². The Morgan fingerprint density at radius 2 is 1.83 bits per heavy atom. The number of aromatic nitrogens is 2. The summed E-state index contributed by atoms with van der Waals surface area (Å²) in [7, 11) is -0.535. The SMILES string of the molecule is Cc1nccn1-c1ccc(B2OC(C)(C)C(C)(C)O2)c(C#N)c1. The molecule has 0 atom stereocenters. The highest BCUT2D eigenvalue weighted by molar-refractivity contribution is 6.62. The molecular formula is C17H20BN3O2. The predicted octanol–water partition coefficient (Wildman–Crippen LogP) is 2.35. The highest BCUT2D eigenvalue weighted by Gasteiger charge is 2.52. The quantitative estimate of drug-likeness (QED) is 0.799. The molecule has 0 N–H and O–H groups in total. The number of nitriles is 1. The van der Waals surface area contributed by atoms with E-state index in [1.165, 1.54) is 0 Å². The van der Waals surface area contributed by atoms with Gasteiger partial charge in [0.15, 0.2) is 0 Å². The molecule has 2 heterocycles. The fourth-order valence-electron chi connectivity index (χ4n) is 2.62. The van der Waals surface area contributed by atoms with E-state index >= 15 is 0 Å². The summed E-state index contributed by atoms with van der Waals surface area (Å²) in [6, 6.07) is 7.95. The molecular weight excluding hydrogens is 289 g/mol. The summed E-state index contributed by atoms with van der Waals surface area (Å²) in [5.41, 5.74) is 1.35. The van der Waals surface area contributed by atoms with E-state index in [2.05, 4.69) is 11.1 Å². The molecule has 1 aromatic carbocycles. The molecule has 0 bridgehead atoms. The normalized spacial score (nSPS) is 18.9. The van der Waals surface area contributed by atoms with E-state index in [0.29, 0.717) is 5.56 Å². The fraction of sp³-hybridized carbons (Fsp3) is 0.412. The number of aryl methyl sites for hydroxylation is 1. The van der Waals surface area contributed by atoms with Gasteiger partial charge in [0.25, 0.3) is 0 Å². The minimum absolute atomic E-state index is 0.427. The van der Waals surface area contributed by atoms with Gasteiger partial charge in [-0.3, -0.25) is 0 Å².